The first kappa shape index (κ1) is 13.7. The summed E-state index contributed by atoms with van der Waals surface area (Å²) in [6.07, 6.45) is 0. The third kappa shape index (κ3) is 2.94. The number of anilines is 1. The van der Waals surface area contributed by atoms with Crippen LogP contribution in [-0.2, 0) is 0 Å². The first-order chi connectivity index (χ1) is 10.2. The molecule has 6 heteroatoms. The van der Waals surface area contributed by atoms with Crippen LogP contribution < -0.4 is 5.32 Å². The zero-order valence-electron chi connectivity index (χ0n) is 10.6. The molecule has 0 atom stereocenters. The summed E-state index contributed by atoms with van der Waals surface area (Å²) < 4.78 is 1.98. The van der Waals surface area contributed by atoms with Crippen molar-refractivity contribution in [1.82, 2.24) is 4.98 Å². The van der Waals surface area contributed by atoms with E-state index in [0.29, 0.717) is 16.3 Å². The molecule has 0 spiro atoms. The van der Waals surface area contributed by atoms with Gasteiger partial charge in [-0.3, -0.25) is 10.1 Å². The van der Waals surface area contributed by atoms with E-state index in [1.54, 1.807) is 24.3 Å². The van der Waals surface area contributed by atoms with Crippen LogP contribution in [0.5, 0.6) is 0 Å². The van der Waals surface area contributed by atoms with Crippen LogP contribution in [0.3, 0.4) is 0 Å². The van der Waals surface area contributed by atoms with Crippen molar-refractivity contribution in [2.45, 2.75) is 0 Å². The van der Waals surface area contributed by atoms with Crippen LogP contribution in [-0.4, -0.2) is 10.9 Å². The Balaban J connectivity index is 1.83. The highest BCUT2D eigenvalue weighted by Crippen LogP contribution is 2.28. The van der Waals surface area contributed by atoms with Crippen LogP contribution >= 0.6 is 27.3 Å². The fourth-order valence-electron chi connectivity index (χ4n) is 1.82. The molecule has 102 valence electrons. The molecule has 1 aromatic heterocycles. The highest BCUT2D eigenvalue weighted by Gasteiger charge is 2.10. The maximum Gasteiger partial charge on any atom is 0.257 e. The van der Waals surface area contributed by atoms with Crippen molar-refractivity contribution < 1.29 is 4.79 Å². The Morgan fingerprint density at radius 3 is 2.71 bits per heavy atom. The summed E-state index contributed by atoms with van der Waals surface area (Å²) in [5, 5.41) is 12.1. The number of carbonyl (C=O) groups excluding carboxylic acids is 1. The Morgan fingerprint density at radius 1 is 1.24 bits per heavy atom. The summed E-state index contributed by atoms with van der Waals surface area (Å²) >= 11 is 4.82. The number of benzene rings is 2. The Kier molecular flexibility index (Phi) is 3.69. The highest BCUT2D eigenvalue weighted by molar-refractivity contribution is 9.10. The third-order valence-corrected chi connectivity index (χ3v) is 4.27. The minimum Gasteiger partial charge on any atom is -0.298 e. The Morgan fingerprint density at radius 2 is 2.00 bits per heavy atom. The predicted molar refractivity (Wildman–Crippen MR) is 86.4 cm³/mol. The summed E-state index contributed by atoms with van der Waals surface area (Å²) in [6, 6.07) is 14.3. The molecule has 0 aliphatic rings. The van der Waals surface area contributed by atoms with E-state index in [1.807, 2.05) is 24.3 Å². The molecule has 1 amide bonds. The van der Waals surface area contributed by atoms with Crippen molar-refractivity contribution in [2.75, 3.05) is 5.32 Å². The van der Waals surface area contributed by atoms with Gasteiger partial charge in [0.15, 0.2) is 5.13 Å². The van der Waals surface area contributed by atoms with Crippen molar-refractivity contribution in [2.24, 2.45) is 0 Å². The minimum atomic E-state index is -0.238. The number of amides is 1. The molecule has 0 aliphatic heterocycles. The largest absolute Gasteiger partial charge is 0.298 e. The van der Waals surface area contributed by atoms with E-state index in [-0.39, 0.29) is 5.91 Å². The first-order valence-electron chi connectivity index (χ1n) is 6.03. The Bertz CT molecular complexity index is 865. The van der Waals surface area contributed by atoms with E-state index in [1.165, 1.54) is 11.3 Å². The molecule has 1 N–H and O–H groups in total. The normalized spacial score (nSPS) is 10.3. The Hall–Kier alpha value is -2.23. The summed E-state index contributed by atoms with van der Waals surface area (Å²) in [5.41, 5.74) is 1.86. The molecule has 0 aliphatic carbocycles. The van der Waals surface area contributed by atoms with E-state index in [0.717, 1.165) is 14.7 Å². The number of thiazole rings is 1. The average Bonchev–Trinajstić information content (AvgIpc) is 2.88. The van der Waals surface area contributed by atoms with Gasteiger partial charge in [0.25, 0.3) is 5.91 Å². The van der Waals surface area contributed by atoms with Gasteiger partial charge in [-0.25, -0.2) is 4.98 Å². The standard InChI is InChI=1S/C15H8BrN3OS/c16-11-5-6-12-13(7-11)21-15(18-12)19-14(20)10-3-1-9(8-17)2-4-10/h1-7H,(H,18,19,20). The van der Waals surface area contributed by atoms with Crippen molar-refractivity contribution in [3.8, 4) is 6.07 Å². The lowest BCUT2D eigenvalue weighted by atomic mass is 10.1. The van der Waals surface area contributed by atoms with Crippen LogP contribution in [0.1, 0.15) is 15.9 Å². The molecule has 3 aromatic rings. The van der Waals surface area contributed by atoms with Crippen LogP contribution in [0.4, 0.5) is 5.13 Å². The molecular formula is C15H8BrN3OS. The average molecular weight is 358 g/mol. The lowest BCUT2D eigenvalue weighted by molar-refractivity contribution is 0.102. The number of nitriles is 1. The minimum absolute atomic E-state index is 0.238. The van der Waals surface area contributed by atoms with Crippen molar-refractivity contribution >= 4 is 48.5 Å². The van der Waals surface area contributed by atoms with Gasteiger partial charge in [0, 0.05) is 10.0 Å². The number of rotatable bonds is 2. The number of hydrogen-bond donors (Lipinski definition) is 1. The highest BCUT2D eigenvalue weighted by atomic mass is 79.9. The van der Waals surface area contributed by atoms with Gasteiger partial charge < -0.3 is 0 Å². The van der Waals surface area contributed by atoms with Crippen LogP contribution in [0.25, 0.3) is 10.2 Å². The number of nitrogens with one attached hydrogen (secondary N) is 1. The van der Waals surface area contributed by atoms with Gasteiger partial charge >= 0.3 is 0 Å². The maximum absolute atomic E-state index is 12.1. The quantitative estimate of drug-likeness (QED) is 0.747. The van der Waals surface area contributed by atoms with Gasteiger partial charge in [-0.1, -0.05) is 27.3 Å². The first-order valence-corrected chi connectivity index (χ1v) is 7.64. The van der Waals surface area contributed by atoms with Gasteiger partial charge in [0.05, 0.1) is 21.8 Å². The molecule has 0 fully saturated rings. The number of fused-ring (bicyclic) bond motifs is 1. The lowest BCUT2D eigenvalue weighted by Gasteiger charge is -2.01. The molecule has 0 saturated carbocycles. The molecule has 0 radical (unpaired) electrons. The molecular weight excluding hydrogens is 350 g/mol. The van der Waals surface area contributed by atoms with Gasteiger partial charge in [0.2, 0.25) is 0 Å². The van der Waals surface area contributed by atoms with Gasteiger partial charge in [-0.2, -0.15) is 5.26 Å². The second-order valence-electron chi connectivity index (χ2n) is 4.27. The topological polar surface area (TPSA) is 65.8 Å². The van der Waals surface area contributed by atoms with E-state index >= 15 is 0 Å². The van der Waals surface area contributed by atoms with E-state index in [4.69, 9.17) is 5.26 Å². The van der Waals surface area contributed by atoms with Crippen molar-refractivity contribution in [3.05, 3.63) is 58.1 Å². The number of carbonyl (C=O) groups is 1. The molecule has 1 heterocycles. The zero-order chi connectivity index (χ0) is 14.8. The fourth-order valence-corrected chi connectivity index (χ4v) is 3.23. The van der Waals surface area contributed by atoms with Crippen LogP contribution in [0, 0.1) is 11.3 Å². The summed E-state index contributed by atoms with van der Waals surface area (Å²) in [7, 11) is 0. The molecule has 2 aromatic carbocycles. The number of aromatic nitrogens is 1. The molecule has 4 nitrogen and oxygen atoms in total. The molecule has 21 heavy (non-hydrogen) atoms. The van der Waals surface area contributed by atoms with E-state index < -0.39 is 0 Å². The second-order valence-corrected chi connectivity index (χ2v) is 6.22. The molecule has 0 unspecified atom stereocenters. The predicted octanol–water partition coefficient (Wildman–Crippen LogP) is 4.18. The fraction of sp³-hybridized carbons (Fsp3) is 0. The molecule has 0 saturated heterocycles. The number of hydrogen-bond acceptors (Lipinski definition) is 4. The number of halogens is 1. The summed E-state index contributed by atoms with van der Waals surface area (Å²) in [6.45, 7) is 0. The van der Waals surface area contributed by atoms with Crippen molar-refractivity contribution in [1.29, 1.82) is 5.26 Å². The van der Waals surface area contributed by atoms with Crippen molar-refractivity contribution in [3.63, 3.8) is 0 Å². The van der Waals surface area contributed by atoms with Crippen LogP contribution in [0.2, 0.25) is 0 Å². The summed E-state index contributed by atoms with van der Waals surface area (Å²) in [5.74, 6) is -0.238. The lowest BCUT2D eigenvalue weighted by Crippen LogP contribution is -2.11. The van der Waals surface area contributed by atoms with E-state index in [9.17, 15) is 4.79 Å². The smallest absolute Gasteiger partial charge is 0.257 e. The Labute approximate surface area is 133 Å². The second kappa shape index (κ2) is 5.64. The molecule has 0 bridgehead atoms. The SMILES string of the molecule is N#Cc1ccc(C(=O)Nc2nc3ccc(Br)cc3s2)cc1. The van der Waals surface area contributed by atoms with Gasteiger partial charge in [0.1, 0.15) is 0 Å². The zero-order valence-corrected chi connectivity index (χ0v) is 13.0. The van der Waals surface area contributed by atoms with Gasteiger partial charge in [-0.15, -0.1) is 0 Å². The number of nitrogens with zero attached hydrogens (tertiary/aromatic N) is 2. The summed E-state index contributed by atoms with van der Waals surface area (Å²) in [4.78, 5) is 16.5. The van der Waals surface area contributed by atoms with Crippen LogP contribution in [0.15, 0.2) is 46.9 Å². The van der Waals surface area contributed by atoms with E-state index in [2.05, 4.69) is 26.2 Å². The molecule has 3 rings (SSSR count). The third-order valence-electron chi connectivity index (χ3n) is 2.85. The maximum atomic E-state index is 12.1. The monoisotopic (exact) mass is 357 g/mol. The van der Waals surface area contributed by atoms with Gasteiger partial charge in [-0.05, 0) is 42.5 Å².